The summed E-state index contributed by atoms with van der Waals surface area (Å²) in [4.78, 5) is 19.0. The SMILES string of the molecule is O=C(NCc1cn[nH]c1)c1ccc2nc[nH]c2c1. The van der Waals surface area contributed by atoms with E-state index in [1.54, 1.807) is 30.9 Å². The number of benzene rings is 1. The van der Waals surface area contributed by atoms with Gasteiger partial charge >= 0.3 is 0 Å². The third kappa shape index (κ3) is 1.95. The zero-order valence-electron chi connectivity index (χ0n) is 9.47. The summed E-state index contributed by atoms with van der Waals surface area (Å²) in [5.41, 5.74) is 3.24. The Morgan fingerprint density at radius 3 is 3.17 bits per heavy atom. The number of aromatic nitrogens is 4. The second kappa shape index (κ2) is 4.33. The van der Waals surface area contributed by atoms with Crippen molar-refractivity contribution in [2.24, 2.45) is 0 Å². The topological polar surface area (TPSA) is 86.5 Å². The van der Waals surface area contributed by atoms with Crippen LogP contribution in [0.25, 0.3) is 11.0 Å². The summed E-state index contributed by atoms with van der Waals surface area (Å²) in [5, 5.41) is 9.34. The maximum absolute atomic E-state index is 11.9. The summed E-state index contributed by atoms with van der Waals surface area (Å²) in [5.74, 6) is -0.118. The molecule has 0 aliphatic carbocycles. The van der Waals surface area contributed by atoms with E-state index in [0.717, 1.165) is 16.6 Å². The van der Waals surface area contributed by atoms with Gasteiger partial charge < -0.3 is 10.3 Å². The van der Waals surface area contributed by atoms with Crippen molar-refractivity contribution in [3.63, 3.8) is 0 Å². The molecule has 0 fully saturated rings. The summed E-state index contributed by atoms with van der Waals surface area (Å²) in [7, 11) is 0. The lowest BCUT2D eigenvalue weighted by Gasteiger charge is -2.03. The number of nitrogens with zero attached hydrogens (tertiary/aromatic N) is 2. The number of hydrogen-bond acceptors (Lipinski definition) is 3. The molecule has 0 atom stereocenters. The molecule has 2 aromatic heterocycles. The van der Waals surface area contributed by atoms with Crippen LogP contribution in [0.5, 0.6) is 0 Å². The van der Waals surface area contributed by atoms with Gasteiger partial charge in [-0.3, -0.25) is 9.89 Å². The molecule has 0 radical (unpaired) electrons. The summed E-state index contributed by atoms with van der Waals surface area (Å²) >= 11 is 0. The lowest BCUT2D eigenvalue weighted by molar-refractivity contribution is 0.0951. The number of amides is 1. The van der Waals surface area contributed by atoms with Crippen molar-refractivity contribution < 1.29 is 4.79 Å². The Morgan fingerprint density at radius 2 is 2.33 bits per heavy atom. The molecular weight excluding hydrogens is 230 g/mol. The molecule has 6 heteroatoms. The fourth-order valence-corrected chi connectivity index (χ4v) is 1.74. The van der Waals surface area contributed by atoms with Crippen LogP contribution in [0.2, 0.25) is 0 Å². The van der Waals surface area contributed by atoms with E-state index in [2.05, 4.69) is 25.5 Å². The zero-order chi connectivity index (χ0) is 12.4. The van der Waals surface area contributed by atoms with Gasteiger partial charge in [-0.15, -0.1) is 0 Å². The Labute approximate surface area is 102 Å². The van der Waals surface area contributed by atoms with Gasteiger partial charge in [0.05, 0.1) is 23.6 Å². The third-order valence-corrected chi connectivity index (χ3v) is 2.69. The van der Waals surface area contributed by atoms with Crippen LogP contribution in [0.4, 0.5) is 0 Å². The number of imidazole rings is 1. The fourth-order valence-electron chi connectivity index (χ4n) is 1.74. The van der Waals surface area contributed by atoms with Crippen LogP contribution >= 0.6 is 0 Å². The van der Waals surface area contributed by atoms with Crippen LogP contribution in [0.1, 0.15) is 15.9 Å². The van der Waals surface area contributed by atoms with Gasteiger partial charge in [0.2, 0.25) is 0 Å². The lowest BCUT2D eigenvalue weighted by Crippen LogP contribution is -2.22. The molecule has 1 aromatic carbocycles. The molecule has 0 saturated carbocycles. The van der Waals surface area contributed by atoms with E-state index < -0.39 is 0 Å². The molecular formula is C12H11N5O. The van der Waals surface area contributed by atoms with E-state index in [1.807, 2.05) is 6.07 Å². The number of hydrogen-bond donors (Lipinski definition) is 3. The Balaban J connectivity index is 1.75. The van der Waals surface area contributed by atoms with Crippen molar-refractivity contribution in [2.45, 2.75) is 6.54 Å². The first-order chi connectivity index (χ1) is 8.83. The van der Waals surface area contributed by atoms with Gasteiger partial charge in [0.15, 0.2) is 0 Å². The molecule has 0 spiro atoms. The Bertz CT molecular complexity index is 671. The minimum absolute atomic E-state index is 0.118. The molecule has 0 aliphatic heterocycles. The highest BCUT2D eigenvalue weighted by Gasteiger charge is 2.07. The molecule has 0 aliphatic rings. The number of fused-ring (bicyclic) bond motifs is 1. The quantitative estimate of drug-likeness (QED) is 0.644. The number of rotatable bonds is 3. The smallest absolute Gasteiger partial charge is 0.251 e. The Kier molecular flexibility index (Phi) is 2.53. The molecule has 2 heterocycles. The molecule has 3 N–H and O–H groups in total. The van der Waals surface area contributed by atoms with Gasteiger partial charge in [-0.2, -0.15) is 5.10 Å². The molecule has 0 bridgehead atoms. The van der Waals surface area contributed by atoms with E-state index in [4.69, 9.17) is 0 Å². The van der Waals surface area contributed by atoms with Crippen molar-refractivity contribution >= 4 is 16.9 Å². The van der Waals surface area contributed by atoms with Gasteiger partial charge in [0, 0.05) is 23.9 Å². The van der Waals surface area contributed by atoms with Crippen molar-refractivity contribution in [3.8, 4) is 0 Å². The van der Waals surface area contributed by atoms with Crippen molar-refractivity contribution in [1.82, 2.24) is 25.5 Å². The monoisotopic (exact) mass is 241 g/mol. The molecule has 1 amide bonds. The number of carbonyl (C=O) groups is 1. The molecule has 3 aromatic rings. The van der Waals surface area contributed by atoms with Crippen LogP contribution in [0.15, 0.2) is 36.9 Å². The third-order valence-electron chi connectivity index (χ3n) is 2.69. The fraction of sp³-hybridized carbons (Fsp3) is 0.0833. The van der Waals surface area contributed by atoms with Crippen LogP contribution in [-0.2, 0) is 6.54 Å². The van der Waals surface area contributed by atoms with Gasteiger partial charge in [0.25, 0.3) is 5.91 Å². The maximum atomic E-state index is 11.9. The van der Waals surface area contributed by atoms with Crippen molar-refractivity contribution in [2.75, 3.05) is 0 Å². The Hall–Kier alpha value is -2.63. The highest BCUT2D eigenvalue weighted by atomic mass is 16.1. The van der Waals surface area contributed by atoms with E-state index in [1.165, 1.54) is 0 Å². The normalized spacial score (nSPS) is 10.7. The summed E-state index contributed by atoms with van der Waals surface area (Å²) < 4.78 is 0. The molecule has 0 saturated heterocycles. The molecule has 18 heavy (non-hydrogen) atoms. The van der Waals surface area contributed by atoms with Gasteiger partial charge in [-0.1, -0.05) is 0 Å². The van der Waals surface area contributed by atoms with E-state index >= 15 is 0 Å². The van der Waals surface area contributed by atoms with Gasteiger partial charge in [0.1, 0.15) is 0 Å². The highest BCUT2D eigenvalue weighted by molar-refractivity contribution is 5.97. The number of nitrogens with one attached hydrogen (secondary N) is 3. The van der Waals surface area contributed by atoms with Crippen molar-refractivity contribution in [1.29, 1.82) is 0 Å². The minimum atomic E-state index is -0.118. The zero-order valence-corrected chi connectivity index (χ0v) is 9.47. The largest absolute Gasteiger partial charge is 0.348 e. The predicted molar refractivity (Wildman–Crippen MR) is 65.9 cm³/mol. The molecule has 6 nitrogen and oxygen atoms in total. The van der Waals surface area contributed by atoms with Crippen LogP contribution in [0.3, 0.4) is 0 Å². The van der Waals surface area contributed by atoms with E-state index in [-0.39, 0.29) is 5.91 Å². The molecule has 3 rings (SSSR count). The molecule has 90 valence electrons. The standard InChI is InChI=1S/C12H11N5O/c18-12(13-4-8-5-16-17-6-8)9-1-2-10-11(3-9)15-7-14-10/h1-3,5-7H,4H2,(H,13,18)(H,14,15)(H,16,17). The Morgan fingerprint density at radius 1 is 1.39 bits per heavy atom. The van der Waals surface area contributed by atoms with Crippen LogP contribution in [0, 0.1) is 0 Å². The maximum Gasteiger partial charge on any atom is 0.251 e. The second-order valence-electron chi connectivity index (χ2n) is 3.92. The summed E-state index contributed by atoms with van der Waals surface area (Å²) in [6.45, 7) is 0.455. The number of carbonyl (C=O) groups excluding carboxylic acids is 1. The average molecular weight is 241 g/mol. The van der Waals surface area contributed by atoms with Crippen molar-refractivity contribution in [3.05, 3.63) is 48.0 Å². The van der Waals surface area contributed by atoms with Gasteiger partial charge in [-0.25, -0.2) is 4.98 Å². The highest BCUT2D eigenvalue weighted by Crippen LogP contribution is 2.11. The summed E-state index contributed by atoms with van der Waals surface area (Å²) in [6, 6.07) is 5.36. The predicted octanol–water partition coefficient (Wildman–Crippen LogP) is 1.22. The van der Waals surface area contributed by atoms with Crippen LogP contribution in [-0.4, -0.2) is 26.1 Å². The lowest BCUT2D eigenvalue weighted by atomic mass is 10.2. The first kappa shape index (κ1) is 10.5. The van der Waals surface area contributed by atoms with E-state index in [9.17, 15) is 4.79 Å². The number of H-pyrrole nitrogens is 2. The van der Waals surface area contributed by atoms with Crippen LogP contribution < -0.4 is 5.32 Å². The van der Waals surface area contributed by atoms with Gasteiger partial charge in [-0.05, 0) is 18.2 Å². The average Bonchev–Trinajstić information content (AvgIpc) is 3.05. The summed E-state index contributed by atoms with van der Waals surface area (Å²) in [6.07, 6.45) is 5.04. The second-order valence-corrected chi connectivity index (χ2v) is 3.92. The van der Waals surface area contributed by atoms with E-state index in [0.29, 0.717) is 12.1 Å². The first-order valence-electron chi connectivity index (χ1n) is 5.52. The number of aromatic amines is 2. The first-order valence-corrected chi connectivity index (χ1v) is 5.52. The minimum Gasteiger partial charge on any atom is -0.348 e. The molecule has 0 unspecified atom stereocenters.